The van der Waals surface area contributed by atoms with Crippen LogP contribution in [0, 0.1) is 0 Å². The number of carbonyl (C=O) groups is 2. The van der Waals surface area contributed by atoms with Crippen LogP contribution in [0.3, 0.4) is 0 Å². The molecule has 2 N–H and O–H groups in total. The summed E-state index contributed by atoms with van der Waals surface area (Å²) in [7, 11) is 0. The van der Waals surface area contributed by atoms with Gasteiger partial charge in [-0.3, -0.25) is 4.79 Å². The van der Waals surface area contributed by atoms with Crippen molar-refractivity contribution in [2.24, 2.45) is 5.73 Å². The highest BCUT2D eigenvalue weighted by Gasteiger charge is 2.42. The largest absolute Gasteiger partial charge is 0.459 e. The van der Waals surface area contributed by atoms with Crippen LogP contribution < -0.4 is 5.73 Å². The fraction of sp³-hybridized carbons (Fsp3) is 0.444. The summed E-state index contributed by atoms with van der Waals surface area (Å²) >= 11 is 0. The minimum atomic E-state index is -0.573. The zero-order chi connectivity index (χ0) is 16.2. The zero-order valence-electron chi connectivity index (χ0n) is 13.1. The summed E-state index contributed by atoms with van der Waals surface area (Å²) in [6.07, 6.45) is 6.77. The van der Waals surface area contributed by atoms with Crippen LogP contribution in [0.15, 0.2) is 42.5 Å². The molecule has 0 spiro atoms. The Kier molecular flexibility index (Phi) is 4.76. The number of nitrogens with two attached hydrogens (primary N) is 1. The summed E-state index contributed by atoms with van der Waals surface area (Å²) in [6.45, 7) is 0.231. The van der Waals surface area contributed by atoms with Crippen molar-refractivity contribution in [1.29, 1.82) is 0 Å². The Morgan fingerprint density at radius 2 is 1.91 bits per heavy atom. The molecule has 1 saturated heterocycles. The Balaban J connectivity index is 1.68. The third kappa shape index (κ3) is 3.45. The van der Waals surface area contributed by atoms with E-state index in [2.05, 4.69) is 6.08 Å². The van der Waals surface area contributed by atoms with Crippen molar-refractivity contribution in [3.05, 3.63) is 48.0 Å². The van der Waals surface area contributed by atoms with E-state index in [-0.39, 0.29) is 24.5 Å². The molecule has 122 valence electrons. The standard InChI is InChI=1S/C18H22N2O3/c19-15-9-5-4-8-14-10-11-16(20(14)17(15)21)18(22)23-12-13-6-2-1-3-7-13/h1-7,14-16H,8-12,19H2. The number of fused-ring (bicyclic) bond motifs is 1. The average Bonchev–Trinajstić information content (AvgIpc) is 2.99. The van der Waals surface area contributed by atoms with E-state index < -0.39 is 12.1 Å². The van der Waals surface area contributed by atoms with Crippen LogP contribution >= 0.6 is 0 Å². The first kappa shape index (κ1) is 15.7. The molecular formula is C18H22N2O3. The zero-order valence-corrected chi connectivity index (χ0v) is 13.1. The van der Waals surface area contributed by atoms with Crippen molar-refractivity contribution < 1.29 is 14.3 Å². The van der Waals surface area contributed by atoms with E-state index >= 15 is 0 Å². The number of rotatable bonds is 3. The van der Waals surface area contributed by atoms with Gasteiger partial charge in [-0.2, -0.15) is 0 Å². The summed E-state index contributed by atoms with van der Waals surface area (Å²) in [4.78, 5) is 26.6. The lowest BCUT2D eigenvalue weighted by Crippen LogP contribution is -2.52. The van der Waals surface area contributed by atoms with Crippen LogP contribution in [0.1, 0.15) is 31.2 Å². The molecule has 0 bridgehead atoms. The normalized spacial score (nSPS) is 27.3. The highest BCUT2D eigenvalue weighted by molar-refractivity contribution is 5.88. The molecular weight excluding hydrogens is 292 g/mol. The molecule has 0 aliphatic carbocycles. The summed E-state index contributed by atoms with van der Waals surface area (Å²) < 4.78 is 5.42. The molecule has 1 fully saturated rings. The summed E-state index contributed by atoms with van der Waals surface area (Å²) in [5.74, 6) is -0.472. The average molecular weight is 314 g/mol. The predicted octanol–water partition coefficient (Wildman–Crippen LogP) is 1.77. The predicted molar refractivity (Wildman–Crippen MR) is 86.2 cm³/mol. The first-order valence-corrected chi connectivity index (χ1v) is 8.10. The second kappa shape index (κ2) is 6.96. The second-order valence-electron chi connectivity index (χ2n) is 6.14. The first-order chi connectivity index (χ1) is 11.2. The van der Waals surface area contributed by atoms with Crippen molar-refractivity contribution >= 4 is 11.9 Å². The van der Waals surface area contributed by atoms with Gasteiger partial charge in [0.2, 0.25) is 5.91 Å². The quantitative estimate of drug-likeness (QED) is 0.681. The number of hydrogen-bond donors (Lipinski definition) is 1. The number of ether oxygens (including phenoxy) is 1. The minimum Gasteiger partial charge on any atom is -0.459 e. The van der Waals surface area contributed by atoms with E-state index in [9.17, 15) is 9.59 Å². The maximum Gasteiger partial charge on any atom is 0.329 e. The van der Waals surface area contributed by atoms with Crippen LogP contribution in [-0.4, -0.2) is 34.9 Å². The molecule has 0 aromatic heterocycles. The van der Waals surface area contributed by atoms with Crippen LogP contribution in [0.25, 0.3) is 0 Å². The van der Waals surface area contributed by atoms with Crippen LogP contribution in [0.4, 0.5) is 0 Å². The Hall–Kier alpha value is -2.14. The summed E-state index contributed by atoms with van der Waals surface area (Å²) in [6, 6.07) is 8.52. The Morgan fingerprint density at radius 1 is 1.17 bits per heavy atom. The minimum absolute atomic E-state index is 0.0550. The molecule has 2 aliphatic rings. The van der Waals surface area contributed by atoms with E-state index in [1.807, 2.05) is 36.4 Å². The van der Waals surface area contributed by atoms with Crippen LogP contribution in [-0.2, 0) is 20.9 Å². The van der Waals surface area contributed by atoms with Crippen LogP contribution in [0.2, 0.25) is 0 Å². The Bertz CT molecular complexity index is 600. The number of nitrogens with zero attached hydrogens (tertiary/aromatic N) is 1. The Morgan fingerprint density at radius 3 is 2.70 bits per heavy atom. The van der Waals surface area contributed by atoms with Gasteiger partial charge in [0.25, 0.3) is 0 Å². The molecule has 1 aromatic rings. The second-order valence-corrected chi connectivity index (χ2v) is 6.14. The molecule has 1 amide bonds. The van der Waals surface area contributed by atoms with Gasteiger partial charge in [0.15, 0.2) is 0 Å². The van der Waals surface area contributed by atoms with Gasteiger partial charge in [-0.15, -0.1) is 0 Å². The maximum absolute atomic E-state index is 12.5. The third-order valence-corrected chi connectivity index (χ3v) is 4.54. The summed E-state index contributed by atoms with van der Waals surface area (Å²) in [5.41, 5.74) is 6.88. The number of esters is 1. The van der Waals surface area contributed by atoms with Gasteiger partial charge in [0.1, 0.15) is 12.6 Å². The van der Waals surface area contributed by atoms with Gasteiger partial charge in [0.05, 0.1) is 6.04 Å². The van der Waals surface area contributed by atoms with Gasteiger partial charge in [0, 0.05) is 6.04 Å². The van der Waals surface area contributed by atoms with Gasteiger partial charge in [-0.05, 0) is 31.2 Å². The monoisotopic (exact) mass is 314 g/mol. The molecule has 0 saturated carbocycles. The van der Waals surface area contributed by atoms with Crippen molar-refractivity contribution in [2.45, 2.75) is 50.4 Å². The molecule has 2 heterocycles. The number of amides is 1. The van der Waals surface area contributed by atoms with Crippen molar-refractivity contribution in [1.82, 2.24) is 4.90 Å². The van der Waals surface area contributed by atoms with E-state index in [0.29, 0.717) is 12.8 Å². The molecule has 3 rings (SSSR count). The fourth-order valence-corrected chi connectivity index (χ4v) is 3.29. The van der Waals surface area contributed by atoms with E-state index in [4.69, 9.17) is 10.5 Å². The van der Waals surface area contributed by atoms with E-state index in [1.54, 1.807) is 4.90 Å². The first-order valence-electron chi connectivity index (χ1n) is 8.10. The van der Waals surface area contributed by atoms with Crippen molar-refractivity contribution in [2.75, 3.05) is 0 Å². The summed E-state index contributed by atoms with van der Waals surface area (Å²) in [5, 5.41) is 0. The molecule has 3 unspecified atom stereocenters. The van der Waals surface area contributed by atoms with Gasteiger partial charge >= 0.3 is 5.97 Å². The van der Waals surface area contributed by atoms with Crippen molar-refractivity contribution in [3.63, 3.8) is 0 Å². The topological polar surface area (TPSA) is 72.6 Å². The lowest BCUT2D eigenvalue weighted by atomic mass is 10.1. The molecule has 2 aliphatic heterocycles. The number of hydrogen-bond acceptors (Lipinski definition) is 4. The fourth-order valence-electron chi connectivity index (χ4n) is 3.29. The smallest absolute Gasteiger partial charge is 0.329 e. The molecule has 23 heavy (non-hydrogen) atoms. The highest BCUT2D eigenvalue weighted by Crippen LogP contribution is 2.30. The van der Waals surface area contributed by atoms with Gasteiger partial charge in [-0.25, -0.2) is 4.79 Å². The van der Waals surface area contributed by atoms with E-state index in [1.165, 1.54) is 0 Å². The number of benzene rings is 1. The molecule has 3 atom stereocenters. The maximum atomic E-state index is 12.5. The van der Waals surface area contributed by atoms with Gasteiger partial charge < -0.3 is 15.4 Å². The van der Waals surface area contributed by atoms with Gasteiger partial charge in [-0.1, -0.05) is 42.5 Å². The molecule has 5 nitrogen and oxygen atoms in total. The Labute approximate surface area is 136 Å². The van der Waals surface area contributed by atoms with Crippen LogP contribution in [0.5, 0.6) is 0 Å². The molecule has 0 radical (unpaired) electrons. The number of carbonyl (C=O) groups excluding carboxylic acids is 2. The highest BCUT2D eigenvalue weighted by atomic mass is 16.5. The lowest BCUT2D eigenvalue weighted by Gasteiger charge is -2.32. The van der Waals surface area contributed by atoms with Crippen molar-refractivity contribution in [3.8, 4) is 0 Å². The lowest BCUT2D eigenvalue weighted by molar-refractivity contribution is -0.156. The third-order valence-electron chi connectivity index (χ3n) is 4.54. The molecule has 1 aromatic carbocycles. The van der Waals surface area contributed by atoms with E-state index in [0.717, 1.165) is 18.4 Å². The SMILES string of the molecule is NC1CC=CCC2CCC(C(=O)OCc3ccccc3)N2C1=O. The molecule has 5 heteroatoms.